The minimum absolute atomic E-state index is 0.135. The first-order chi connectivity index (χ1) is 14.8. The van der Waals surface area contributed by atoms with Crippen molar-refractivity contribution in [2.45, 2.75) is 85.7 Å². The lowest BCUT2D eigenvalue weighted by molar-refractivity contribution is -0.129. The van der Waals surface area contributed by atoms with E-state index in [0.717, 1.165) is 31.3 Å². The number of rotatable bonds is 3. The van der Waals surface area contributed by atoms with E-state index >= 15 is 0 Å². The van der Waals surface area contributed by atoms with Crippen LogP contribution < -0.4 is 0 Å². The van der Waals surface area contributed by atoms with Crippen LogP contribution in [0.15, 0.2) is 34.4 Å². The number of ketones is 2. The molecular weight excluding hydrogens is 392 g/mol. The summed E-state index contributed by atoms with van der Waals surface area (Å²) in [6.45, 7) is 10.7. The van der Waals surface area contributed by atoms with E-state index in [1.807, 2.05) is 20.8 Å². The number of Topliss-reactive ketones (excluding diaryl/α,β-unsaturated/α-hetero) is 1. The van der Waals surface area contributed by atoms with E-state index in [9.17, 15) is 14.7 Å². The Morgan fingerprint density at radius 1 is 1.29 bits per heavy atom. The van der Waals surface area contributed by atoms with Crippen LogP contribution in [0.5, 0.6) is 0 Å². The molecule has 31 heavy (non-hydrogen) atoms. The quantitative estimate of drug-likeness (QED) is 0.645. The number of hydrogen-bond donors (Lipinski definition) is 1. The van der Waals surface area contributed by atoms with Crippen LogP contribution >= 0.6 is 0 Å². The van der Waals surface area contributed by atoms with Gasteiger partial charge in [-0.15, -0.1) is 0 Å². The van der Waals surface area contributed by atoms with Crippen LogP contribution in [0.4, 0.5) is 0 Å². The summed E-state index contributed by atoms with van der Waals surface area (Å²) < 4.78 is 3.86. The lowest BCUT2D eigenvalue weighted by Gasteiger charge is -2.51. The Balaban J connectivity index is 0.000000513. The van der Waals surface area contributed by atoms with Gasteiger partial charge < -0.3 is 9.84 Å². The first-order valence-corrected chi connectivity index (χ1v) is 11.6. The zero-order valence-corrected chi connectivity index (χ0v) is 19.9. The van der Waals surface area contributed by atoms with Crippen molar-refractivity contribution in [1.29, 1.82) is 0 Å². The average molecular weight is 431 g/mol. The third kappa shape index (κ3) is 4.09. The molecule has 4 aliphatic carbocycles. The van der Waals surface area contributed by atoms with Gasteiger partial charge in [-0.25, -0.2) is 0 Å². The molecule has 0 aromatic rings. The lowest BCUT2D eigenvalue weighted by atomic mass is 9.53. The summed E-state index contributed by atoms with van der Waals surface area (Å²) in [6.07, 6.45) is 8.58. The summed E-state index contributed by atoms with van der Waals surface area (Å²) in [5.41, 5.74) is 4.19. The topological polar surface area (TPSA) is 80.7 Å². The van der Waals surface area contributed by atoms with Gasteiger partial charge in [0.15, 0.2) is 5.78 Å². The van der Waals surface area contributed by atoms with Gasteiger partial charge in [-0.2, -0.15) is 0 Å². The molecule has 4 aliphatic rings. The van der Waals surface area contributed by atoms with Gasteiger partial charge in [0.2, 0.25) is 0 Å². The summed E-state index contributed by atoms with van der Waals surface area (Å²) in [4.78, 5) is 33.8. The normalized spacial score (nSPS) is 33.2. The third-order valence-corrected chi connectivity index (χ3v) is 7.62. The molecule has 4 atom stereocenters. The molecule has 0 spiro atoms. The minimum Gasteiger partial charge on any atom is -0.471 e. The summed E-state index contributed by atoms with van der Waals surface area (Å²) in [5.74, 6) is 0.838. The number of hydrogen-bond acceptors (Lipinski definition) is 5. The molecule has 4 rings (SSSR count). The van der Waals surface area contributed by atoms with E-state index in [1.165, 1.54) is 23.8 Å². The Kier molecular flexibility index (Phi) is 8.21. The molecule has 0 aromatic heterocycles. The SMILES string of the molecule is CC.CCC(=O)C12CCC3=C(C[C@@H](O)C4=CC(=O)CCC43C)C1=CCC2C.COC=O. The number of methoxy groups -OCH3 is 1. The Labute approximate surface area is 186 Å². The van der Waals surface area contributed by atoms with Crippen LogP contribution in [-0.2, 0) is 19.1 Å². The molecule has 5 nitrogen and oxygen atoms in total. The van der Waals surface area contributed by atoms with Crippen LogP contribution in [0.25, 0.3) is 0 Å². The molecule has 0 aromatic carbocycles. The van der Waals surface area contributed by atoms with Crippen LogP contribution in [0.1, 0.15) is 79.6 Å². The molecule has 3 unspecified atom stereocenters. The van der Waals surface area contributed by atoms with Gasteiger partial charge in [0.1, 0.15) is 5.78 Å². The van der Waals surface area contributed by atoms with Crippen molar-refractivity contribution < 1.29 is 24.2 Å². The number of carbonyl (C=O) groups is 3. The number of ether oxygens (including phenoxy) is 1. The predicted octanol–water partition coefficient (Wildman–Crippen LogP) is 4.88. The van der Waals surface area contributed by atoms with Crippen LogP contribution in [0.3, 0.4) is 0 Å². The van der Waals surface area contributed by atoms with Gasteiger partial charge in [-0.1, -0.05) is 46.3 Å². The number of carbonyl (C=O) groups excluding carboxylic acids is 3. The summed E-state index contributed by atoms with van der Waals surface area (Å²) >= 11 is 0. The van der Waals surface area contributed by atoms with Gasteiger partial charge in [-0.3, -0.25) is 14.4 Å². The van der Waals surface area contributed by atoms with Crippen molar-refractivity contribution in [3.8, 4) is 0 Å². The lowest BCUT2D eigenvalue weighted by Crippen LogP contribution is -2.45. The van der Waals surface area contributed by atoms with Gasteiger partial charge >= 0.3 is 0 Å². The van der Waals surface area contributed by atoms with E-state index in [4.69, 9.17) is 4.79 Å². The number of aliphatic hydroxyl groups excluding tert-OH is 1. The van der Waals surface area contributed by atoms with E-state index in [2.05, 4.69) is 24.7 Å². The summed E-state index contributed by atoms with van der Waals surface area (Å²) in [7, 11) is 1.31. The number of aliphatic hydroxyl groups is 1. The predicted molar refractivity (Wildman–Crippen MR) is 121 cm³/mol. The van der Waals surface area contributed by atoms with Crippen molar-refractivity contribution >= 4 is 18.0 Å². The van der Waals surface area contributed by atoms with Crippen molar-refractivity contribution in [3.05, 3.63) is 34.4 Å². The maximum atomic E-state index is 13.0. The second kappa shape index (κ2) is 10.1. The number of allylic oxidation sites excluding steroid dienone is 4. The molecule has 0 saturated heterocycles. The highest BCUT2D eigenvalue weighted by molar-refractivity contribution is 5.93. The molecule has 0 heterocycles. The van der Waals surface area contributed by atoms with Gasteiger partial charge in [0, 0.05) is 24.7 Å². The van der Waals surface area contributed by atoms with Crippen LogP contribution in [-0.4, -0.2) is 36.4 Å². The average Bonchev–Trinajstić information content (AvgIpc) is 3.14. The highest BCUT2D eigenvalue weighted by Gasteiger charge is 2.55. The molecule has 0 fully saturated rings. The fraction of sp³-hybridized carbons (Fsp3) is 0.654. The monoisotopic (exact) mass is 430 g/mol. The molecule has 0 aliphatic heterocycles. The first-order valence-electron chi connectivity index (χ1n) is 11.6. The van der Waals surface area contributed by atoms with Crippen molar-refractivity contribution in [1.82, 2.24) is 0 Å². The highest BCUT2D eigenvalue weighted by Crippen LogP contribution is 2.62. The zero-order valence-electron chi connectivity index (χ0n) is 19.9. The second-order valence-corrected chi connectivity index (χ2v) is 8.91. The van der Waals surface area contributed by atoms with E-state index < -0.39 is 6.10 Å². The van der Waals surface area contributed by atoms with Gasteiger partial charge in [0.25, 0.3) is 6.47 Å². The molecule has 0 bridgehead atoms. The zero-order chi connectivity index (χ0) is 23.4. The number of fused-ring (bicyclic) bond motifs is 4. The minimum atomic E-state index is -0.600. The fourth-order valence-electron chi connectivity index (χ4n) is 6.09. The fourth-order valence-corrected chi connectivity index (χ4v) is 6.09. The van der Waals surface area contributed by atoms with Crippen molar-refractivity contribution in [3.63, 3.8) is 0 Å². The Bertz CT molecular complexity index is 818. The second-order valence-electron chi connectivity index (χ2n) is 8.91. The smallest absolute Gasteiger partial charge is 0.292 e. The van der Waals surface area contributed by atoms with Crippen LogP contribution in [0.2, 0.25) is 0 Å². The van der Waals surface area contributed by atoms with E-state index in [-0.39, 0.29) is 16.6 Å². The van der Waals surface area contributed by atoms with Crippen LogP contribution in [0, 0.1) is 16.7 Å². The molecule has 0 saturated carbocycles. The standard InChI is InChI=1S/C22H28O3.C2H4O2.C2H6/c1-4-20(25)22-10-8-16-15(17(22)6-5-13(22)2)12-19(24)18-11-14(23)7-9-21(16,18)3;1-4-2-3;1-2/h6,11,13,19,24H,4-5,7-10,12H2,1-3H3;2H,1H3;1-2H3/t13?,19-,21?,22?;;/m1../s1. The largest absolute Gasteiger partial charge is 0.471 e. The molecule has 5 heteroatoms. The molecule has 0 amide bonds. The highest BCUT2D eigenvalue weighted by atomic mass is 16.5. The molecule has 172 valence electrons. The first kappa shape index (κ1) is 25.3. The summed E-state index contributed by atoms with van der Waals surface area (Å²) in [6, 6.07) is 0. The molecule has 0 radical (unpaired) electrons. The molecular formula is C26H38O5. The van der Waals surface area contributed by atoms with Gasteiger partial charge in [-0.05, 0) is 54.4 Å². The maximum Gasteiger partial charge on any atom is 0.292 e. The Morgan fingerprint density at radius 3 is 2.52 bits per heavy atom. The summed E-state index contributed by atoms with van der Waals surface area (Å²) in [5, 5.41) is 10.8. The van der Waals surface area contributed by atoms with Crippen molar-refractivity contribution in [2.24, 2.45) is 16.7 Å². The maximum absolute atomic E-state index is 13.0. The van der Waals surface area contributed by atoms with Crippen molar-refractivity contribution in [2.75, 3.05) is 7.11 Å². The van der Waals surface area contributed by atoms with E-state index in [0.29, 0.717) is 37.4 Å². The Hall–Kier alpha value is -2.01. The van der Waals surface area contributed by atoms with E-state index in [1.54, 1.807) is 6.08 Å². The molecule has 1 N–H and O–H groups in total. The van der Waals surface area contributed by atoms with Gasteiger partial charge in [0.05, 0.1) is 18.6 Å². The third-order valence-electron chi connectivity index (χ3n) is 7.62. The Morgan fingerprint density at radius 2 is 1.94 bits per heavy atom.